The lowest BCUT2D eigenvalue weighted by Crippen LogP contribution is -2.38. The largest absolute Gasteiger partial charge is 0.478 e. The number of para-hydroxylation sites is 3. The number of fused-ring (bicyclic) bond motifs is 2. The van der Waals surface area contributed by atoms with E-state index in [0.717, 1.165) is 27.1 Å². The third-order valence-corrected chi connectivity index (χ3v) is 22.0. The number of carbonyl (C=O) groups is 9. The number of nitrogens with zero attached hydrogens (tertiary/aromatic N) is 8. The Morgan fingerprint density at radius 3 is 1.65 bits per heavy atom. The second-order valence-electron chi connectivity index (χ2n) is 25.1. The smallest absolute Gasteiger partial charge is 0.339 e. The highest BCUT2D eigenvalue weighted by Gasteiger charge is 2.33. The van der Waals surface area contributed by atoms with E-state index < -0.39 is 41.6 Å². The van der Waals surface area contributed by atoms with Crippen LogP contribution in [0.25, 0.3) is 69.6 Å². The van der Waals surface area contributed by atoms with E-state index in [2.05, 4.69) is 30.5 Å². The summed E-state index contributed by atoms with van der Waals surface area (Å²) in [4.78, 5) is 127. The van der Waals surface area contributed by atoms with Crippen molar-refractivity contribution < 1.29 is 81.2 Å². The quantitative estimate of drug-likeness (QED) is 0.0332. The van der Waals surface area contributed by atoms with Crippen LogP contribution in [-0.2, 0) is 41.8 Å². The highest BCUT2D eigenvalue weighted by Crippen LogP contribution is 2.41. The zero-order chi connectivity index (χ0) is 80.7. The van der Waals surface area contributed by atoms with Gasteiger partial charge in [-0.05, 0) is 120 Å². The van der Waals surface area contributed by atoms with Gasteiger partial charge in [-0.25, -0.2) is 43.7 Å². The van der Waals surface area contributed by atoms with Crippen molar-refractivity contribution in [1.29, 1.82) is 0 Å². The van der Waals surface area contributed by atoms with Gasteiger partial charge >= 0.3 is 23.9 Å². The van der Waals surface area contributed by atoms with Gasteiger partial charge in [-0.15, -0.1) is 45.3 Å². The number of Topliss-reactive ketones (excluding diaryl/α,β-unsaturated/α-hetero) is 2. The first kappa shape index (κ1) is 79.2. The molecule has 16 rings (SSSR count). The van der Waals surface area contributed by atoms with Gasteiger partial charge in [0.25, 0.3) is 11.8 Å². The second-order valence-corrected chi connectivity index (χ2v) is 29.0. The molecule has 3 amide bonds. The van der Waals surface area contributed by atoms with Crippen LogP contribution in [0.1, 0.15) is 115 Å². The Hall–Kier alpha value is -13.9. The molecule has 0 spiro atoms. The molecule has 0 fully saturated rings. The Balaban J connectivity index is 0.000000135. The second kappa shape index (κ2) is 36.5. The van der Waals surface area contributed by atoms with Crippen LogP contribution in [0, 0.1) is 0 Å². The van der Waals surface area contributed by atoms with Crippen molar-refractivity contribution in [3.63, 3.8) is 0 Å². The van der Waals surface area contributed by atoms with E-state index in [0.29, 0.717) is 94.1 Å². The van der Waals surface area contributed by atoms with Gasteiger partial charge in [0.05, 0.1) is 84.5 Å². The van der Waals surface area contributed by atoms with Crippen LogP contribution in [0.5, 0.6) is 0 Å². The molecule has 0 aliphatic heterocycles. The number of hydrogen-bond donors (Lipinski definition) is 5. The molecule has 0 radical (unpaired) electrons. The topological polar surface area (TPSA) is 377 Å². The van der Waals surface area contributed by atoms with Crippen molar-refractivity contribution in [1.82, 2.24) is 34.5 Å². The number of amides is 3. The molecule has 31 heteroatoms. The predicted octanol–water partition coefficient (Wildman–Crippen LogP) is 18.6. The summed E-state index contributed by atoms with van der Waals surface area (Å²) < 4.78 is 24.4. The number of carbonyl (C=O) groups excluding carboxylic acids is 5. The van der Waals surface area contributed by atoms with Crippen LogP contribution < -0.4 is 10.2 Å². The number of aryl methyl sites for hydroxylation is 3. The molecule has 0 saturated heterocycles. The molecule has 16 aromatic rings. The number of thiophene rings is 4. The summed E-state index contributed by atoms with van der Waals surface area (Å²) in [6.07, 6.45) is 15.9. The fourth-order valence-corrected chi connectivity index (χ4v) is 16.2. The van der Waals surface area contributed by atoms with Gasteiger partial charge in [0.15, 0.2) is 11.3 Å². The minimum atomic E-state index is -1.20. The van der Waals surface area contributed by atoms with Gasteiger partial charge in [-0.2, -0.15) is 10.2 Å². The maximum absolute atomic E-state index is 13.4. The van der Waals surface area contributed by atoms with Crippen LogP contribution in [0.4, 0.5) is 11.4 Å². The standard InChI is InChI=1S/C28H27N3O4S.C19H12ClN5O3S.C19H12O5S.C18H11NO5S/c1-2-30-18-17-22(29-30)27-26(28(34)35)23(19-36-27)31(24(32)15-13-20-9-5-3-6-10-20)25(33)16-14-21-11-7-4-8-12-21;20-13-1-3-14(4-2-13)25-8-12(7-23-25)17-16(19(27)28)15(9-29-17)24-18(26)11-5-21-10-22-6-11;20-14(16-8-11-3-1-2-4-15(11)24-16)7-13-10-25-18(17(13)19(21)22)12-5-6-23-9-12;20-13(17-19-12-3-1-2-4-14(12)24-17)7-11-9-25-16(15(11)18(21)22)10-5-6-23-8-10/h3-12,17-19H,2,13-16H2,1H3,(H,34,35);1-10H,(H,24,26)(H,27,28);1-6,8-10H,7H2,(H,21,22);1-6,8-9H,7H2,(H,21,22). The Bertz CT molecular complexity index is 5880. The summed E-state index contributed by atoms with van der Waals surface area (Å²) in [5.41, 5.74) is 8.53. The molecule has 0 unspecified atom stereocenters. The minimum Gasteiger partial charge on any atom is -0.478 e. The lowest BCUT2D eigenvalue weighted by Gasteiger charge is -2.21. The number of aromatic nitrogens is 7. The van der Waals surface area contributed by atoms with Gasteiger partial charge in [-0.1, -0.05) is 103 Å². The van der Waals surface area contributed by atoms with Crippen molar-refractivity contribution in [2.45, 2.75) is 52.0 Å². The average Bonchev–Trinajstić information content (AvgIpc) is 1.67. The Kier molecular flexibility index (Phi) is 25.1. The lowest BCUT2D eigenvalue weighted by atomic mass is 10.0. The van der Waals surface area contributed by atoms with Crippen molar-refractivity contribution in [3.05, 3.63) is 308 Å². The Morgan fingerprint density at radius 2 is 1.10 bits per heavy atom. The molecule has 0 aliphatic carbocycles. The summed E-state index contributed by atoms with van der Waals surface area (Å²) in [5.74, 6) is -6.26. The summed E-state index contributed by atoms with van der Waals surface area (Å²) in [6.45, 7) is 2.58. The molecule has 0 bridgehead atoms. The number of aromatic carboxylic acids is 4. The van der Waals surface area contributed by atoms with Gasteiger partial charge in [0.2, 0.25) is 23.4 Å². The number of hydrogen-bond acceptors (Lipinski definition) is 22. The highest BCUT2D eigenvalue weighted by atomic mass is 35.5. The first-order chi connectivity index (χ1) is 55.8. The minimum absolute atomic E-state index is 0.00384. The lowest BCUT2D eigenvalue weighted by molar-refractivity contribution is -0.126. The molecule has 576 valence electrons. The number of nitrogens with one attached hydrogen (secondary N) is 1. The molecule has 5 N–H and O–H groups in total. The van der Waals surface area contributed by atoms with Crippen LogP contribution in [0.3, 0.4) is 0 Å². The number of anilines is 2. The first-order valence-electron chi connectivity index (χ1n) is 34.9. The number of rotatable bonds is 25. The van der Waals surface area contributed by atoms with Gasteiger partial charge < -0.3 is 43.4 Å². The monoisotopic (exact) mass is 1630 g/mol. The summed E-state index contributed by atoms with van der Waals surface area (Å²) in [7, 11) is 0. The van der Waals surface area contributed by atoms with Crippen LogP contribution in [-0.4, -0.2) is 108 Å². The molecule has 11 aromatic heterocycles. The molecule has 0 atom stereocenters. The molecule has 0 saturated carbocycles. The van der Waals surface area contributed by atoms with Crippen LogP contribution in [0.15, 0.2) is 259 Å². The zero-order valence-corrected chi connectivity index (χ0v) is 64.3. The van der Waals surface area contributed by atoms with E-state index in [-0.39, 0.29) is 88.1 Å². The van der Waals surface area contributed by atoms with E-state index in [9.17, 15) is 63.6 Å². The fraction of sp³-hybridized carbons (Fsp3) is 0.0952. The third kappa shape index (κ3) is 18.8. The molecule has 26 nitrogen and oxygen atoms in total. The van der Waals surface area contributed by atoms with Crippen molar-refractivity contribution in [3.8, 4) is 47.6 Å². The molecule has 115 heavy (non-hydrogen) atoms. The normalized spacial score (nSPS) is 10.9. The van der Waals surface area contributed by atoms with Crippen LogP contribution >= 0.6 is 56.9 Å². The number of carboxylic acid groups (broad SMARTS) is 4. The Labute approximate surface area is 673 Å². The predicted molar refractivity (Wildman–Crippen MR) is 433 cm³/mol. The van der Waals surface area contributed by atoms with E-state index in [1.807, 2.05) is 85.8 Å². The van der Waals surface area contributed by atoms with E-state index in [1.165, 1.54) is 89.1 Å². The molecule has 0 aliphatic rings. The third-order valence-electron chi connectivity index (χ3n) is 17.5. The van der Waals surface area contributed by atoms with E-state index in [1.54, 1.807) is 128 Å². The molecule has 11 heterocycles. The maximum atomic E-state index is 13.4. The number of imide groups is 1. The maximum Gasteiger partial charge on any atom is 0.339 e. The van der Waals surface area contributed by atoms with Gasteiger partial charge in [0, 0.05) is 94.9 Å². The number of ketones is 2. The van der Waals surface area contributed by atoms with Crippen LogP contribution in [0.2, 0.25) is 5.02 Å². The van der Waals surface area contributed by atoms with Gasteiger partial charge in [0.1, 0.15) is 34.2 Å². The number of oxazole rings is 1. The van der Waals surface area contributed by atoms with Crippen molar-refractivity contribution in [2.24, 2.45) is 0 Å². The summed E-state index contributed by atoms with van der Waals surface area (Å²) >= 11 is 10.8. The van der Waals surface area contributed by atoms with Crippen molar-refractivity contribution in [2.75, 3.05) is 10.2 Å². The molecular weight excluding hydrogens is 1570 g/mol. The Morgan fingerprint density at radius 1 is 0.548 bits per heavy atom. The number of carboxylic acids is 4. The van der Waals surface area contributed by atoms with E-state index >= 15 is 0 Å². The zero-order valence-electron chi connectivity index (χ0n) is 60.2. The summed E-state index contributed by atoms with van der Waals surface area (Å²) in [6, 6.07) is 47.4. The fourth-order valence-electron chi connectivity index (χ4n) is 12.0. The molecular formula is C84H62ClN9O17S4. The highest BCUT2D eigenvalue weighted by molar-refractivity contribution is 7.15. The number of benzene rings is 5. The molecule has 5 aromatic carbocycles. The average molecular weight is 1630 g/mol. The number of furan rings is 3. The SMILES string of the molecule is CCn1ccc(-c2scc(N(C(=O)CCc3ccccc3)C(=O)CCc3ccccc3)c2C(=O)O)n1.O=C(Cc1csc(-c2ccoc2)c1C(=O)O)c1cc2ccccc2o1.O=C(Cc1csc(-c2ccoc2)c1C(=O)O)c1nc2ccccc2o1.O=C(Nc1csc(-c2cnn(-c3ccc(Cl)cc3)c2)c1C(=O)O)c1cncnc1. The first-order valence-corrected chi connectivity index (χ1v) is 38.8. The number of halogens is 1. The van der Waals surface area contributed by atoms with E-state index in [4.69, 9.17) is 29.3 Å². The summed E-state index contributed by atoms with van der Waals surface area (Å²) in [5, 5.41) is 58.3. The van der Waals surface area contributed by atoms with Crippen molar-refractivity contribution >= 4 is 144 Å². The van der Waals surface area contributed by atoms with Gasteiger partial charge in [-0.3, -0.25) is 28.7 Å².